The van der Waals surface area contributed by atoms with Gasteiger partial charge in [-0.25, -0.2) is 12.8 Å². The predicted molar refractivity (Wildman–Crippen MR) is 80.5 cm³/mol. The molecule has 0 amide bonds. The van der Waals surface area contributed by atoms with Gasteiger partial charge in [-0.1, -0.05) is 13.8 Å². The van der Waals surface area contributed by atoms with Crippen molar-refractivity contribution in [2.75, 3.05) is 12.3 Å². The van der Waals surface area contributed by atoms with Crippen molar-refractivity contribution in [3.8, 4) is 5.75 Å². The molecule has 2 rings (SSSR count). The second-order valence-corrected chi connectivity index (χ2v) is 8.44. The summed E-state index contributed by atoms with van der Waals surface area (Å²) in [4.78, 5) is -1.31. The molecule has 1 aliphatic heterocycles. The van der Waals surface area contributed by atoms with Crippen LogP contribution in [-0.4, -0.2) is 26.3 Å². The van der Waals surface area contributed by atoms with Gasteiger partial charge in [-0.2, -0.15) is 0 Å². The Hall–Kier alpha value is -1.14. The molecule has 4 nitrogen and oxygen atoms in total. The number of benzene rings is 1. The molecule has 1 heterocycles. The summed E-state index contributed by atoms with van der Waals surface area (Å²) in [7, 11) is -3.50. The number of hydrogen-bond acceptors (Lipinski definition) is 4. The molecule has 0 saturated carbocycles. The van der Waals surface area contributed by atoms with Crippen LogP contribution in [-0.2, 0) is 14.7 Å². The highest BCUT2D eigenvalue weighted by molar-refractivity contribution is 7.92. The second kappa shape index (κ2) is 5.25. The predicted octanol–water partition coefficient (Wildman–Crippen LogP) is 2.58. The number of rotatable bonds is 4. The summed E-state index contributed by atoms with van der Waals surface area (Å²) in [6, 6.07) is 4.05. The zero-order valence-corrected chi connectivity index (χ0v) is 13.7. The van der Waals surface area contributed by atoms with Crippen LogP contribution in [0.5, 0.6) is 5.75 Å². The van der Waals surface area contributed by atoms with Crippen molar-refractivity contribution < 1.29 is 17.5 Å². The van der Waals surface area contributed by atoms with Crippen molar-refractivity contribution >= 4 is 9.84 Å². The third-order valence-electron chi connectivity index (χ3n) is 3.81. The van der Waals surface area contributed by atoms with Crippen LogP contribution in [0.25, 0.3) is 0 Å². The van der Waals surface area contributed by atoms with Crippen LogP contribution in [0.2, 0.25) is 0 Å². The van der Waals surface area contributed by atoms with E-state index in [2.05, 4.69) is 5.32 Å². The van der Waals surface area contributed by atoms with Gasteiger partial charge in [-0.05, 0) is 38.6 Å². The number of sulfone groups is 1. The molecule has 21 heavy (non-hydrogen) atoms. The van der Waals surface area contributed by atoms with Gasteiger partial charge in [0.2, 0.25) is 0 Å². The Balaban J connectivity index is 2.78. The summed E-state index contributed by atoms with van der Waals surface area (Å²) < 4.78 is 45.1. The number of fused-ring (bicyclic) bond motifs is 1. The minimum Gasteiger partial charge on any atom is -0.487 e. The van der Waals surface area contributed by atoms with Gasteiger partial charge in [0.05, 0.1) is 0 Å². The Labute approximate surface area is 125 Å². The maximum atomic E-state index is 13.7. The smallest absolute Gasteiger partial charge is 0.173 e. The highest BCUT2D eigenvalue weighted by atomic mass is 32.2. The van der Waals surface area contributed by atoms with Crippen molar-refractivity contribution in [2.45, 2.75) is 44.6 Å². The van der Waals surface area contributed by atoms with Crippen LogP contribution in [0, 0.1) is 5.82 Å². The highest BCUT2D eigenvalue weighted by Crippen LogP contribution is 2.47. The molecule has 1 aromatic carbocycles. The van der Waals surface area contributed by atoms with Crippen LogP contribution in [0.15, 0.2) is 18.2 Å². The molecule has 1 aliphatic rings. The van der Waals surface area contributed by atoms with Gasteiger partial charge < -0.3 is 4.74 Å². The Morgan fingerprint density at radius 3 is 2.57 bits per heavy atom. The molecule has 6 heteroatoms. The standard InChI is InChI=1S/C15H22FNO3S/c1-5-17-15(21(18,19)6-2)10-14(3,4)20-13-8-7-11(16)9-12(13)15/h7-9,17H,5-6,10H2,1-4H3. The monoisotopic (exact) mass is 315 g/mol. The van der Waals surface area contributed by atoms with E-state index in [0.717, 1.165) is 0 Å². The summed E-state index contributed by atoms with van der Waals surface area (Å²) in [5.74, 6) is -0.0669. The van der Waals surface area contributed by atoms with Crippen LogP contribution >= 0.6 is 0 Å². The number of halogens is 1. The zero-order valence-electron chi connectivity index (χ0n) is 12.9. The topological polar surface area (TPSA) is 55.4 Å². The van der Waals surface area contributed by atoms with E-state index >= 15 is 0 Å². The van der Waals surface area contributed by atoms with Crippen molar-refractivity contribution in [1.82, 2.24) is 5.32 Å². The van der Waals surface area contributed by atoms with Crippen LogP contribution < -0.4 is 10.1 Å². The van der Waals surface area contributed by atoms with E-state index in [1.54, 1.807) is 6.92 Å². The second-order valence-electron chi connectivity index (χ2n) is 5.94. The molecule has 0 saturated heterocycles. The first-order valence-electron chi connectivity index (χ1n) is 7.14. The molecule has 0 spiro atoms. The summed E-state index contributed by atoms with van der Waals surface area (Å²) in [5.41, 5.74) is -0.291. The average Bonchev–Trinajstić information content (AvgIpc) is 2.39. The van der Waals surface area contributed by atoms with Crippen molar-refractivity contribution in [3.05, 3.63) is 29.6 Å². The Morgan fingerprint density at radius 1 is 1.33 bits per heavy atom. The van der Waals surface area contributed by atoms with Gasteiger partial charge in [-0.3, -0.25) is 5.32 Å². The molecular weight excluding hydrogens is 293 g/mol. The number of nitrogens with one attached hydrogen (secondary N) is 1. The molecule has 0 radical (unpaired) electrons. The minimum absolute atomic E-state index is 0.0218. The fourth-order valence-electron chi connectivity index (χ4n) is 3.01. The van der Waals surface area contributed by atoms with Gasteiger partial charge in [0.1, 0.15) is 17.2 Å². The largest absolute Gasteiger partial charge is 0.487 e. The summed E-state index contributed by atoms with van der Waals surface area (Å²) in [5, 5.41) is 3.09. The van der Waals surface area contributed by atoms with Crippen molar-refractivity contribution in [1.29, 1.82) is 0 Å². The average molecular weight is 315 g/mol. The van der Waals surface area contributed by atoms with Gasteiger partial charge in [-0.15, -0.1) is 0 Å². The molecule has 1 unspecified atom stereocenters. The molecule has 118 valence electrons. The normalized spacial score (nSPS) is 24.2. The number of ether oxygens (including phenoxy) is 1. The SMILES string of the molecule is CCNC1(S(=O)(=O)CC)CC(C)(C)Oc2ccc(F)cc21. The van der Waals surface area contributed by atoms with E-state index in [9.17, 15) is 12.8 Å². The van der Waals surface area contributed by atoms with E-state index in [1.807, 2.05) is 20.8 Å². The lowest BCUT2D eigenvalue weighted by Crippen LogP contribution is -2.57. The molecular formula is C15H22FNO3S. The lowest BCUT2D eigenvalue weighted by Gasteiger charge is -2.45. The lowest BCUT2D eigenvalue weighted by molar-refractivity contribution is 0.0556. The fraction of sp³-hybridized carbons (Fsp3) is 0.600. The van der Waals surface area contributed by atoms with E-state index in [1.165, 1.54) is 18.2 Å². The molecule has 0 bridgehead atoms. The maximum absolute atomic E-state index is 13.7. The minimum atomic E-state index is -3.50. The third-order valence-corrected chi connectivity index (χ3v) is 6.14. The van der Waals surface area contributed by atoms with Gasteiger partial charge >= 0.3 is 0 Å². The summed E-state index contributed by atoms with van der Waals surface area (Å²) >= 11 is 0. The van der Waals surface area contributed by atoms with E-state index in [4.69, 9.17) is 4.74 Å². The Morgan fingerprint density at radius 2 is 2.00 bits per heavy atom. The first-order chi connectivity index (χ1) is 9.67. The van der Waals surface area contributed by atoms with Crippen LogP contribution in [0.1, 0.15) is 39.7 Å². The lowest BCUT2D eigenvalue weighted by atomic mass is 9.89. The van der Waals surface area contributed by atoms with Gasteiger partial charge in [0.15, 0.2) is 14.7 Å². The molecule has 1 aromatic rings. The molecule has 1 atom stereocenters. The van der Waals surface area contributed by atoms with Crippen LogP contribution in [0.3, 0.4) is 0 Å². The Bertz CT molecular complexity index is 642. The molecule has 0 aliphatic carbocycles. The highest BCUT2D eigenvalue weighted by Gasteiger charge is 2.52. The number of hydrogen-bond donors (Lipinski definition) is 1. The van der Waals surface area contributed by atoms with Gasteiger partial charge in [0.25, 0.3) is 0 Å². The van der Waals surface area contributed by atoms with Crippen molar-refractivity contribution in [2.24, 2.45) is 0 Å². The van der Waals surface area contributed by atoms with Crippen LogP contribution in [0.4, 0.5) is 4.39 Å². The molecule has 1 N–H and O–H groups in total. The fourth-order valence-corrected chi connectivity index (χ4v) is 4.93. The van der Waals surface area contributed by atoms with E-state index < -0.39 is 26.1 Å². The van der Waals surface area contributed by atoms with E-state index in [0.29, 0.717) is 17.9 Å². The first kappa shape index (κ1) is 16.2. The Kier molecular flexibility index (Phi) is 4.06. The van der Waals surface area contributed by atoms with Gasteiger partial charge in [0, 0.05) is 17.7 Å². The quantitative estimate of drug-likeness (QED) is 0.928. The zero-order chi connectivity index (χ0) is 15.9. The molecule has 0 aromatic heterocycles. The third kappa shape index (κ3) is 2.66. The molecule has 0 fully saturated rings. The maximum Gasteiger partial charge on any atom is 0.173 e. The van der Waals surface area contributed by atoms with Crippen molar-refractivity contribution in [3.63, 3.8) is 0 Å². The first-order valence-corrected chi connectivity index (χ1v) is 8.79. The summed E-state index contributed by atoms with van der Waals surface area (Å²) in [6.45, 7) is 7.60. The summed E-state index contributed by atoms with van der Waals surface area (Å²) in [6.07, 6.45) is 0.237. The van der Waals surface area contributed by atoms with E-state index in [-0.39, 0.29) is 12.2 Å².